The highest BCUT2D eigenvalue weighted by Crippen LogP contribution is 2.50. The van der Waals surface area contributed by atoms with Crippen LogP contribution in [0.1, 0.15) is 317 Å². The van der Waals surface area contributed by atoms with Crippen molar-refractivity contribution in [1.82, 2.24) is 0 Å². The molecule has 2 unspecified atom stereocenters. The number of allylic oxidation sites excluding steroid dienone is 30. The summed E-state index contributed by atoms with van der Waals surface area (Å²) in [6, 6.07) is 0. The van der Waals surface area contributed by atoms with Gasteiger partial charge in [0.15, 0.2) is 0 Å². The Morgan fingerprint density at radius 1 is 0.281 bits per heavy atom. The van der Waals surface area contributed by atoms with Gasteiger partial charge in [-0.05, 0) is 316 Å². The molecule has 0 aromatic carbocycles. The van der Waals surface area contributed by atoms with E-state index in [1.54, 1.807) is 0 Å². The van der Waals surface area contributed by atoms with Crippen LogP contribution in [0.4, 0.5) is 0 Å². The SMILES string of the molecule is CC(C)=CCC/C(C)=C/CC/C(C)=C/CC/C(C)=C\CC/C(C)=C\CC/C(C)=C\CC/C(C)=C\CC/C(C)=C\CC/C(C)=C\CC/C(C)=C\CC/C(C)=C\CC/C(C)=C\CC/C(C)=C\CC/C(C)=C\CC/C(C)=C\CCC(C)CCOP(=O)([O-])OP(=O)([O-])[O-]. The predicted octanol–water partition coefficient (Wildman–Crippen LogP) is 25.3. The maximum Gasteiger partial charge on any atom is 0.271 e. The van der Waals surface area contributed by atoms with Crippen molar-refractivity contribution in [3.8, 4) is 0 Å². The Morgan fingerprint density at radius 3 is 0.618 bits per heavy atom. The van der Waals surface area contributed by atoms with Crippen molar-refractivity contribution in [1.29, 1.82) is 0 Å². The van der Waals surface area contributed by atoms with Crippen LogP contribution in [0.3, 0.4) is 0 Å². The van der Waals surface area contributed by atoms with Gasteiger partial charge in [-0.1, -0.05) is 182 Å². The first-order valence-electron chi connectivity index (χ1n) is 34.5. The molecule has 0 amide bonds. The number of phosphoric ester groups is 1. The fourth-order valence-electron chi connectivity index (χ4n) is 10.4. The number of hydrogen-bond acceptors (Lipinski definition) is 7. The maximum absolute atomic E-state index is 11.4. The second-order valence-corrected chi connectivity index (χ2v) is 29.5. The molecular formula is C80H131O7P2-3. The summed E-state index contributed by atoms with van der Waals surface area (Å²) in [6.45, 7) is 38.0. The van der Waals surface area contributed by atoms with E-state index in [0.717, 1.165) is 167 Å². The molecule has 0 N–H and O–H groups in total. The molecule has 0 aliphatic heterocycles. The lowest BCUT2D eigenvalue weighted by Gasteiger charge is -2.35. The lowest BCUT2D eigenvalue weighted by atomic mass is 10.0. The first kappa shape index (κ1) is 85.4. The van der Waals surface area contributed by atoms with E-state index >= 15 is 0 Å². The minimum absolute atomic E-state index is 0.160. The Morgan fingerprint density at radius 2 is 0.449 bits per heavy atom. The van der Waals surface area contributed by atoms with Gasteiger partial charge in [0.1, 0.15) is 0 Å². The van der Waals surface area contributed by atoms with Crippen LogP contribution in [0.15, 0.2) is 175 Å². The summed E-state index contributed by atoms with van der Waals surface area (Å²) in [6.07, 6.45) is 70.0. The van der Waals surface area contributed by atoms with Gasteiger partial charge in [-0.25, -0.2) is 0 Å². The lowest BCUT2D eigenvalue weighted by molar-refractivity contribution is -0.339. The van der Waals surface area contributed by atoms with Gasteiger partial charge >= 0.3 is 0 Å². The van der Waals surface area contributed by atoms with Crippen LogP contribution in [-0.4, -0.2) is 6.61 Å². The monoisotopic (exact) mass is 1270 g/mol. The van der Waals surface area contributed by atoms with E-state index in [9.17, 15) is 23.8 Å². The Bertz CT molecular complexity index is 2580. The average molecular weight is 1270 g/mol. The molecule has 0 bridgehead atoms. The minimum Gasteiger partial charge on any atom is -0.790 e. The number of rotatable bonds is 51. The molecule has 0 fully saturated rings. The van der Waals surface area contributed by atoms with Crippen molar-refractivity contribution < 1.29 is 32.6 Å². The molecule has 0 spiro atoms. The van der Waals surface area contributed by atoms with Crippen molar-refractivity contribution in [2.45, 2.75) is 317 Å². The highest BCUT2D eigenvalue weighted by molar-refractivity contribution is 7.58. The van der Waals surface area contributed by atoms with E-state index in [0.29, 0.717) is 6.42 Å². The third kappa shape index (κ3) is 58.0. The Labute approximate surface area is 549 Å². The summed E-state index contributed by atoms with van der Waals surface area (Å²) in [7, 11) is -10.8. The second-order valence-electron chi connectivity index (χ2n) is 26.8. The van der Waals surface area contributed by atoms with E-state index in [4.69, 9.17) is 0 Å². The first-order chi connectivity index (χ1) is 42.0. The molecule has 9 heteroatoms. The highest BCUT2D eigenvalue weighted by Gasteiger charge is 2.13. The van der Waals surface area contributed by atoms with Gasteiger partial charge in [-0.2, -0.15) is 0 Å². The van der Waals surface area contributed by atoms with Crippen molar-refractivity contribution in [3.05, 3.63) is 175 Å². The molecule has 0 saturated heterocycles. The standard InChI is InChI=1S/C80H134O7P2/c1-65(2)33-18-34-66(3)35-19-36-67(4)37-20-38-68(5)39-21-40-69(6)41-22-42-70(7)43-23-44-71(8)45-24-46-72(9)47-25-48-73(10)49-26-50-74(11)51-27-52-75(12)53-28-54-76(13)55-29-56-77(14)57-30-58-78(15)59-31-60-79(16)61-32-62-80(17)63-64-86-89(84,85)87-88(81,82)83/h33,35,37,39,41,43,45,47,49,51,53,55,57,59,61,80H,18-32,34,36,38,40,42,44,46,48,50,52,54,56,58,60,62-64H2,1-17H3,(H,84,85)(H2,81,82,83)/p-3/b66-35+,67-37+,68-39-,69-41-,70-43-,71-45-,72-47-,73-49-,74-51-,75-53-,76-55-,77-57-,78-59-,79-61-. The van der Waals surface area contributed by atoms with Gasteiger partial charge in [0.2, 0.25) is 0 Å². The lowest BCUT2D eigenvalue weighted by Crippen LogP contribution is -2.19. The van der Waals surface area contributed by atoms with E-state index in [1.165, 1.54) is 109 Å². The second kappa shape index (κ2) is 52.8. The fourth-order valence-corrected chi connectivity index (χ4v) is 11.9. The average Bonchev–Trinajstić information content (AvgIpc) is 3.56. The topological polar surface area (TPSA) is 122 Å². The van der Waals surface area contributed by atoms with Crippen LogP contribution >= 0.6 is 15.6 Å². The molecule has 0 radical (unpaired) electrons. The van der Waals surface area contributed by atoms with E-state index < -0.39 is 15.6 Å². The number of phosphoric acid groups is 2. The van der Waals surface area contributed by atoms with Crippen molar-refractivity contribution in [2.24, 2.45) is 5.92 Å². The van der Waals surface area contributed by atoms with Crippen LogP contribution in [0, 0.1) is 5.92 Å². The molecule has 89 heavy (non-hydrogen) atoms. The zero-order chi connectivity index (χ0) is 66.9. The van der Waals surface area contributed by atoms with Crippen LogP contribution in [0.2, 0.25) is 0 Å². The Hall–Kier alpha value is -3.64. The molecule has 0 rings (SSSR count). The van der Waals surface area contributed by atoms with Gasteiger partial charge in [-0.3, -0.25) is 8.88 Å². The van der Waals surface area contributed by atoms with Crippen molar-refractivity contribution in [2.75, 3.05) is 6.61 Å². The van der Waals surface area contributed by atoms with Gasteiger partial charge in [0.25, 0.3) is 7.82 Å². The summed E-state index contributed by atoms with van der Waals surface area (Å²) in [5, 5.41) is 0. The van der Waals surface area contributed by atoms with Crippen LogP contribution in [0.25, 0.3) is 0 Å². The van der Waals surface area contributed by atoms with Gasteiger partial charge in [0, 0.05) is 0 Å². The summed E-state index contributed by atoms with van der Waals surface area (Å²) < 4.78 is 29.9. The summed E-state index contributed by atoms with van der Waals surface area (Å²) in [5.74, 6) is 0.160. The van der Waals surface area contributed by atoms with E-state index in [1.807, 2.05) is 6.92 Å². The van der Waals surface area contributed by atoms with Crippen LogP contribution in [0.5, 0.6) is 0 Å². The normalized spacial score (nSPS) is 16.0. The molecule has 0 heterocycles. The summed E-state index contributed by atoms with van der Waals surface area (Å²) >= 11 is 0. The van der Waals surface area contributed by atoms with Gasteiger partial charge in [0.05, 0.1) is 14.4 Å². The molecule has 2 atom stereocenters. The highest BCUT2D eigenvalue weighted by atomic mass is 31.3. The van der Waals surface area contributed by atoms with Gasteiger partial charge in [-0.15, -0.1) is 0 Å². The zero-order valence-electron chi connectivity index (χ0n) is 60.1. The quantitative estimate of drug-likeness (QED) is 0.0439. The van der Waals surface area contributed by atoms with Gasteiger partial charge < -0.3 is 23.8 Å². The third-order valence-electron chi connectivity index (χ3n) is 16.7. The minimum atomic E-state index is -5.66. The van der Waals surface area contributed by atoms with E-state index in [2.05, 4.69) is 211 Å². The smallest absolute Gasteiger partial charge is 0.271 e. The molecule has 506 valence electrons. The maximum atomic E-state index is 11.4. The molecule has 0 aromatic heterocycles. The summed E-state index contributed by atoms with van der Waals surface area (Å²) in [5.41, 5.74) is 22.2. The first-order valence-corrected chi connectivity index (χ1v) is 37.5. The van der Waals surface area contributed by atoms with Crippen molar-refractivity contribution >= 4 is 15.6 Å². The predicted molar refractivity (Wildman–Crippen MR) is 387 cm³/mol. The zero-order valence-corrected chi connectivity index (χ0v) is 61.9. The molecule has 0 saturated carbocycles. The van der Waals surface area contributed by atoms with Crippen LogP contribution in [-0.2, 0) is 18.0 Å². The van der Waals surface area contributed by atoms with Crippen molar-refractivity contribution in [3.63, 3.8) is 0 Å². The Kier molecular flexibility index (Phi) is 50.6. The molecule has 7 nitrogen and oxygen atoms in total. The summed E-state index contributed by atoms with van der Waals surface area (Å²) in [4.78, 5) is 32.5. The third-order valence-corrected chi connectivity index (χ3v) is 18.8. The molecule has 0 aliphatic carbocycles. The number of hydrogen-bond donors (Lipinski definition) is 0. The largest absolute Gasteiger partial charge is 0.790 e. The Balaban J connectivity index is 4.34. The molecule has 0 aliphatic rings. The fraction of sp³-hybridized carbons (Fsp3) is 0.625. The van der Waals surface area contributed by atoms with Crippen LogP contribution < -0.4 is 14.7 Å². The molecular weight excluding hydrogens is 1130 g/mol. The van der Waals surface area contributed by atoms with E-state index in [-0.39, 0.29) is 12.5 Å². The molecule has 0 aromatic rings.